The van der Waals surface area contributed by atoms with E-state index in [0.717, 1.165) is 23.4 Å². The second-order valence-corrected chi connectivity index (χ2v) is 13.5. The fourth-order valence-corrected chi connectivity index (χ4v) is 5.09. The normalized spacial score (nSPS) is 10.8. The van der Waals surface area contributed by atoms with Gasteiger partial charge in [-0.3, -0.25) is 24.2 Å². The smallest absolute Gasteiger partial charge is 0.252 e. The maximum Gasteiger partial charge on any atom is 0.252 e. The Morgan fingerprint density at radius 2 is 0.985 bits per heavy atom. The first kappa shape index (κ1) is 74.5. The average molecular weight is 1100 g/mol. The molecule has 0 aromatic heterocycles. The van der Waals surface area contributed by atoms with E-state index < -0.39 is 5.91 Å². The number of nitrogens with one attached hydrogen (secondary N) is 3. The van der Waals surface area contributed by atoms with E-state index in [1.54, 1.807) is 24.2 Å². The van der Waals surface area contributed by atoms with Crippen molar-refractivity contribution in [1.29, 1.82) is 11.1 Å². The van der Waals surface area contributed by atoms with Crippen LogP contribution in [0.5, 0.6) is 0 Å². The Labute approximate surface area is 424 Å². The van der Waals surface area contributed by atoms with Gasteiger partial charge in [-0.2, -0.15) is 0 Å². The number of hydrogen-bond acceptors (Lipinski definition) is 19. The topological polar surface area (TPSA) is 282 Å². The number of rotatable bonds is 47. The van der Waals surface area contributed by atoms with Gasteiger partial charge in [0.15, 0.2) is 0 Å². The van der Waals surface area contributed by atoms with Gasteiger partial charge in [0, 0.05) is 57.6 Å². The van der Waals surface area contributed by atoms with Crippen LogP contribution in [0.25, 0.3) is 0 Å². The molecule has 0 fully saturated rings. The number of carbonyl (C=O) groups excluding carboxylic acids is 3. The number of hydrogen-bond donors (Lipinski definition) is 6. The molecule has 0 heterocycles. The Bertz CT molecular complexity index is 1080. The van der Waals surface area contributed by atoms with E-state index in [2.05, 4.69) is 39.7 Å². The summed E-state index contributed by atoms with van der Waals surface area (Å²) >= 11 is 2.15. The van der Waals surface area contributed by atoms with Crippen LogP contribution in [0.4, 0.5) is 0 Å². The molecule has 0 saturated carbocycles. The summed E-state index contributed by atoms with van der Waals surface area (Å²) < 4.78 is 50.5. The van der Waals surface area contributed by atoms with E-state index in [1.165, 1.54) is 31.8 Å². The first-order chi connectivity index (χ1) is 33.4. The molecule has 0 aliphatic rings. The SMILES string of the molecule is C/C=C\C(=O)N(C=O)CCNC(=O)CCOCCOCCOCCN(CCOCCOCCOCCN)CCOCCOCCOCCN(N)/C=C(\N)CCCCCCC.CC.CC.CI.N=N. The summed E-state index contributed by atoms with van der Waals surface area (Å²) in [7, 11) is 0. The molecule has 0 bridgehead atoms. The minimum Gasteiger partial charge on any atom is -0.401 e. The van der Waals surface area contributed by atoms with Crippen molar-refractivity contribution in [3.63, 3.8) is 0 Å². The van der Waals surface area contributed by atoms with Crippen molar-refractivity contribution >= 4 is 40.8 Å². The minimum absolute atomic E-state index is 0.0959. The summed E-state index contributed by atoms with van der Waals surface area (Å²) in [5, 5.41) is 4.24. The lowest BCUT2D eigenvalue weighted by atomic mass is 10.1. The van der Waals surface area contributed by atoms with Gasteiger partial charge in [0.2, 0.25) is 12.3 Å². The Balaban J connectivity index is -0.00000156. The van der Waals surface area contributed by atoms with Crippen LogP contribution in [-0.2, 0) is 57.0 Å². The summed E-state index contributed by atoms with van der Waals surface area (Å²) in [6, 6.07) is 0. The monoisotopic (exact) mass is 1100 g/mol. The zero-order valence-corrected chi connectivity index (χ0v) is 45.4. The van der Waals surface area contributed by atoms with Crippen LogP contribution in [-0.4, -0.2) is 203 Å². The number of nitrogens with zero attached hydrogens (tertiary/aromatic N) is 3. The molecule has 0 spiro atoms. The zero-order valence-electron chi connectivity index (χ0n) is 43.3. The summed E-state index contributed by atoms with van der Waals surface area (Å²) in [5.74, 6) is 5.36. The third-order valence-electron chi connectivity index (χ3n) is 8.41. The molecular weight excluding hydrogens is 997 g/mol. The molecule has 0 aliphatic carbocycles. The van der Waals surface area contributed by atoms with Gasteiger partial charge in [-0.15, -0.1) is 0 Å². The van der Waals surface area contributed by atoms with E-state index in [1.807, 2.05) is 32.6 Å². The van der Waals surface area contributed by atoms with E-state index >= 15 is 0 Å². The second-order valence-electron chi connectivity index (χ2n) is 13.5. The number of carbonyl (C=O) groups is 3. The molecule has 68 heavy (non-hydrogen) atoms. The number of unbranched alkanes of at least 4 members (excludes halogenated alkanes) is 4. The van der Waals surface area contributed by atoms with E-state index in [-0.39, 0.29) is 32.0 Å². The Morgan fingerprint density at radius 1 is 0.588 bits per heavy atom. The quantitative estimate of drug-likeness (QED) is 0.00715. The molecule has 0 saturated heterocycles. The lowest BCUT2D eigenvalue weighted by molar-refractivity contribution is -0.135. The number of imide groups is 1. The van der Waals surface area contributed by atoms with Gasteiger partial charge in [0.05, 0.1) is 125 Å². The molecule has 9 N–H and O–H groups in total. The molecule has 0 atom stereocenters. The third-order valence-corrected chi connectivity index (χ3v) is 8.41. The van der Waals surface area contributed by atoms with Crippen LogP contribution >= 0.6 is 22.6 Å². The Morgan fingerprint density at radius 3 is 1.40 bits per heavy atom. The first-order valence-electron chi connectivity index (χ1n) is 24.3. The van der Waals surface area contributed by atoms with Gasteiger partial charge in [0.1, 0.15) is 0 Å². The van der Waals surface area contributed by atoms with Gasteiger partial charge < -0.3 is 64.4 Å². The third kappa shape index (κ3) is 61.6. The fraction of sp³-hybridized carbons (Fsp3) is 0.848. The molecule has 22 heteroatoms. The number of hydrazine groups is 1. The molecular formula is C46H98IN9O12. The van der Waals surface area contributed by atoms with Gasteiger partial charge >= 0.3 is 0 Å². The van der Waals surface area contributed by atoms with Crippen molar-refractivity contribution in [2.24, 2.45) is 17.3 Å². The summed E-state index contributed by atoms with van der Waals surface area (Å²) in [6.45, 7) is 23.6. The number of nitrogens with two attached hydrogens (primary N) is 3. The standard InChI is InChI=1S/C41H81N7O12.2C2H6.CH3I.H2N2/c1-3-5-6-7-8-10-39(43)37-48(44)18-24-57-30-36-60-35-29-56-23-17-46(16-22-55-28-34-59-32-26-53-20-12-42)15-21-54-27-33-58-31-25-52-19-11-40(50)45-13-14-47(38-49)41(51)9-4-2;4*1-2/h4,9,37-38H,3,5-8,10-36,42-44H2,1-2H3,(H,45,50);2*1-2H3;1H3;1-2H/b9-4-,39-37-;;;;. The second kappa shape index (κ2) is 68.8. The van der Waals surface area contributed by atoms with Crippen LogP contribution in [0.15, 0.2) is 24.0 Å². The van der Waals surface area contributed by atoms with Crippen LogP contribution in [0.3, 0.4) is 0 Å². The molecule has 21 nitrogen and oxygen atoms in total. The maximum atomic E-state index is 12.0. The number of allylic oxidation sites excluding steroid dienone is 2. The van der Waals surface area contributed by atoms with Gasteiger partial charge in [-0.05, 0) is 30.8 Å². The molecule has 0 unspecified atom stereocenters. The largest absolute Gasteiger partial charge is 0.401 e. The lowest BCUT2D eigenvalue weighted by Gasteiger charge is -2.22. The highest BCUT2D eigenvalue weighted by Crippen LogP contribution is 2.08. The fourth-order valence-electron chi connectivity index (χ4n) is 5.09. The molecule has 0 aromatic rings. The van der Waals surface area contributed by atoms with Crippen LogP contribution < -0.4 is 22.6 Å². The highest BCUT2D eigenvalue weighted by atomic mass is 127. The number of ether oxygens (including phenoxy) is 9. The maximum absolute atomic E-state index is 12.0. The summed E-state index contributed by atoms with van der Waals surface area (Å²) in [6.07, 6.45) is 12.1. The zero-order chi connectivity index (χ0) is 52.0. The highest BCUT2D eigenvalue weighted by molar-refractivity contribution is 14.1. The van der Waals surface area contributed by atoms with Gasteiger partial charge in [0.25, 0.3) is 5.91 Å². The Kier molecular flexibility index (Phi) is 75.4. The lowest BCUT2D eigenvalue weighted by Crippen LogP contribution is -2.37. The summed E-state index contributed by atoms with van der Waals surface area (Å²) in [4.78, 5) is 39.9. The number of halogens is 1. The van der Waals surface area contributed by atoms with Crippen molar-refractivity contribution in [2.75, 3.05) is 170 Å². The first-order valence-corrected chi connectivity index (χ1v) is 26.4. The van der Waals surface area contributed by atoms with Crippen molar-refractivity contribution in [2.45, 2.75) is 86.5 Å². The van der Waals surface area contributed by atoms with Gasteiger partial charge in [-0.1, -0.05) is 89.0 Å². The predicted molar refractivity (Wildman–Crippen MR) is 278 cm³/mol. The minimum atomic E-state index is -0.429. The van der Waals surface area contributed by atoms with Crippen LogP contribution in [0, 0.1) is 11.1 Å². The van der Waals surface area contributed by atoms with Crippen molar-refractivity contribution < 1.29 is 57.0 Å². The highest BCUT2D eigenvalue weighted by Gasteiger charge is 2.10. The number of amides is 3. The predicted octanol–water partition coefficient (Wildman–Crippen LogP) is 4.50. The molecule has 406 valence electrons. The number of alkyl halides is 1. The summed E-state index contributed by atoms with van der Waals surface area (Å²) in [5.41, 5.74) is 22.3. The Hall–Kier alpha value is -2.46. The average Bonchev–Trinajstić information content (AvgIpc) is 3.36. The van der Waals surface area contributed by atoms with Crippen LogP contribution in [0.2, 0.25) is 0 Å². The van der Waals surface area contributed by atoms with Gasteiger partial charge in [-0.25, -0.2) is 16.9 Å². The van der Waals surface area contributed by atoms with Crippen LogP contribution in [0.1, 0.15) is 86.5 Å². The molecule has 0 radical (unpaired) electrons. The molecule has 0 rings (SSSR count). The van der Waals surface area contributed by atoms with E-state index in [0.29, 0.717) is 151 Å². The van der Waals surface area contributed by atoms with Crippen molar-refractivity contribution in [3.05, 3.63) is 24.0 Å². The van der Waals surface area contributed by atoms with E-state index in [9.17, 15) is 14.4 Å². The molecule has 0 aliphatic heterocycles. The van der Waals surface area contributed by atoms with E-state index in [4.69, 9.17) is 71.0 Å². The molecule has 3 amide bonds. The molecule has 0 aromatic carbocycles. The van der Waals surface area contributed by atoms with Crippen molar-refractivity contribution in [3.8, 4) is 0 Å². The van der Waals surface area contributed by atoms with Crippen molar-refractivity contribution in [1.82, 2.24) is 20.1 Å².